The number of nitrogens with zero attached hydrogens (tertiary/aromatic N) is 2. The highest BCUT2D eigenvalue weighted by atomic mass is 15.4. The van der Waals surface area contributed by atoms with Crippen LogP contribution in [0.1, 0.15) is 16.7 Å². The third-order valence-corrected chi connectivity index (χ3v) is 4.33. The van der Waals surface area contributed by atoms with Crippen molar-refractivity contribution in [3.8, 4) is 11.1 Å². The lowest BCUT2D eigenvalue weighted by molar-refractivity contribution is 1.02. The first-order valence-electron chi connectivity index (χ1n) is 7.85. The minimum atomic E-state index is 1.03. The second-order valence-corrected chi connectivity index (χ2v) is 5.85. The SMILES string of the molecule is CN(/N=C/c1ccc2c(c1)-c1ccccc1C2)c1ccccc1. The van der Waals surface area contributed by atoms with E-state index in [-0.39, 0.29) is 0 Å². The summed E-state index contributed by atoms with van der Waals surface area (Å²) in [4.78, 5) is 0. The molecule has 0 radical (unpaired) electrons. The zero-order valence-corrected chi connectivity index (χ0v) is 13.1. The van der Waals surface area contributed by atoms with Gasteiger partial charge in [-0.3, -0.25) is 5.01 Å². The van der Waals surface area contributed by atoms with Crippen LogP contribution in [0.15, 0.2) is 77.9 Å². The van der Waals surface area contributed by atoms with E-state index in [0.717, 1.165) is 17.7 Å². The summed E-state index contributed by atoms with van der Waals surface area (Å²) in [7, 11) is 1.97. The quantitative estimate of drug-likeness (QED) is 0.394. The minimum Gasteiger partial charge on any atom is -0.269 e. The number of fused-ring (bicyclic) bond motifs is 3. The number of benzene rings is 3. The Bertz CT molecular complexity index is 866. The number of anilines is 1. The average molecular weight is 298 g/mol. The molecule has 4 rings (SSSR count). The van der Waals surface area contributed by atoms with Crippen LogP contribution in [0.2, 0.25) is 0 Å². The van der Waals surface area contributed by atoms with Gasteiger partial charge in [-0.25, -0.2) is 0 Å². The highest BCUT2D eigenvalue weighted by Gasteiger charge is 2.17. The van der Waals surface area contributed by atoms with Crippen molar-refractivity contribution in [1.82, 2.24) is 0 Å². The largest absolute Gasteiger partial charge is 0.269 e. The Labute approximate surface area is 136 Å². The smallest absolute Gasteiger partial charge is 0.0590 e. The molecule has 0 unspecified atom stereocenters. The number of hydrazone groups is 1. The van der Waals surface area contributed by atoms with E-state index in [1.165, 1.54) is 22.3 Å². The molecule has 0 saturated heterocycles. The summed E-state index contributed by atoms with van der Waals surface area (Å²) < 4.78 is 0. The third-order valence-electron chi connectivity index (χ3n) is 4.33. The molecule has 2 heteroatoms. The van der Waals surface area contributed by atoms with Gasteiger partial charge in [-0.2, -0.15) is 5.10 Å². The highest BCUT2D eigenvalue weighted by Crippen LogP contribution is 2.36. The van der Waals surface area contributed by atoms with Gasteiger partial charge in [-0.15, -0.1) is 0 Å². The van der Waals surface area contributed by atoms with Crippen LogP contribution in [0, 0.1) is 0 Å². The normalized spacial score (nSPS) is 12.2. The minimum absolute atomic E-state index is 1.03. The standard InChI is InChI=1S/C21H18N2/c1-23(19-8-3-2-4-9-19)22-15-16-11-12-18-14-17-7-5-6-10-20(17)21(18)13-16/h2-13,15H,14H2,1H3/b22-15+. The van der Waals surface area contributed by atoms with Gasteiger partial charge in [0.2, 0.25) is 0 Å². The molecule has 1 aliphatic rings. The van der Waals surface area contributed by atoms with Crippen LogP contribution in [-0.2, 0) is 6.42 Å². The molecule has 0 aliphatic heterocycles. The maximum atomic E-state index is 4.55. The molecule has 112 valence electrons. The lowest BCUT2D eigenvalue weighted by atomic mass is 10.0. The van der Waals surface area contributed by atoms with E-state index in [1.807, 2.05) is 36.5 Å². The van der Waals surface area contributed by atoms with E-state index < -0.39 is 0 Å². The Morgan fingerprint density at radius 2 is 1.57 bits per heavy atom. The second-order valence-electron chi connectivity index (χ2n) is 5.85. The van der Waals surface area contributed by atoms with Gasteiger partial charge in [0, 0.05) is 7.05 Å². The average Bonchev–Trinajstić information content (AvgIpc) is 2.98. The molecular weight excluding hydrogens is 280 g/mol. The Kier molecular flexibility index (Phi) is 3.43. The molecule has 0 amide bonds. The summed E-state index contributed by atoms with van der Waals surface area (Å²) in [6.45, 7) is 0. The number of rotatable bonds is 3. The van der Waals surface area contributed by atoms with Crippen molar-refractivity contribution in [3.63, 3.8) is 0 Å². The predicted octanol–water partition coefficient (Wildman–Crippen LogP) is 4.73. The van der Waals surface area contributed by atoms with Crippen molar-refractivity contribution in [2.24, 2.45) is 5.10 Å². The summed E-state index contributed by atoms with van der Waals surface area (Å²) >= 11 is 0. The fourth-order valence-electron chi connectivity index (χ4n) is 3.09. The van der Waals surface area contributed by atoms with Crippen LogP contribution < -0.4 is 5.01 Å². The lowest BCUT2D eigenvalue weighted by Crippen LogP contribution is -2.08. The Hall–Kier alpha value is -2.87. The molecule has 0 bridgehead atoms. The summed E-state index contributed by atoms with van der Waals surface area (Å²) in [5.41, 5.74) is 7.72. The van der Waals surface area contributed by atoms with Crippen LogP contribution in [0.4, 0.5) is 5.69 Å². The predicted molar refractivity (Wildman–Crippen MR) is 97.1 cm³/mol. The van der Waals surface area contributed by atoms with Crippen molar-refractivity contribution in [3.05, 3.63) is 89.5 Å². The van der Waals surface area contributed by atoms with E-state index in [1.54, 1.807) is 0 Å². The van der Waals surface area contributed by atoms with Crippen LogP contribution in [0.25, 0.3) is 11.1 Å². The van der Waals surface area contributed by atoms with Gasteiger partial charge in [0.25, 0.3) is 0 Å². The molecule has 3 aromatic carbocycles. The van der Waals surface area contributed by atoms with Crippen molar-refractivity contribution in [2.45, 2.75) is 6.42 Å². The van der Waals surface area contributed by atoms with E-state index in [4.69, 9.17) is 0 Å². The van der Waals surface area contributed by atoms with E-state index >= 15 is 0 Å². The number of para-hydroxylation sites is 1. The maximum Gasteiger partial charge on any atom is 0.0590 e. The zero-order chi connectivity index (χ0) is 15.6. The zero-order valence-electron chi connectivity index (χ0n) is 13.1. The van der Waals surface area contributed by atoms with Gasteiger partial charge in [0.15, 0.2) is 0 Å². The van der Waals surface area contributed by atoms with Crippen molar-refractivity contribution < 1.29 is 0 Å². The van der Waals surface area contributed by atoms with Gasteiger partial charge < -0.3 is 0 Å². The third kappa shape index (κ3) is 2.64. The summed E-state index contributed by atoms with van der Waals surface area (Å²) in [6, 6.07) is 25.4. The molecule has 1 aliphatic carbocycles. The van der Waals surface area contributed by atoms with Crippen LogP contribution in [0.3, 0.4) is 0 Å². The molecule has 0 saturated carbocycles. The van der Waals surface area contributed by atoms with Crippen LogP contribution in [-0.4, -0.2) is 13.3 Å². The summed E-state index contributed by atoms with van der Waals surface area (Å²) in [6.07, 6.45) is 2.96. The summed E-state index contributed by atoms with van der Waals surface area (Å²) in [5, 5.41) is 6.44. The molecule has 0 heterocycles. The van der Waals surface area contributed by atoms with Crippen LogP contribution in [0.5, 0.6) is 0 Å². The molecule has 3 aromatic rings. The lowest BCUT2D eigenvalue weighted by Gasteiger charge is -2.12. The van der Waals surface area contributed by atoms with E-state index in [0.29, 0.717) is 0 Å². The molecule has 23 heavy (non-hydrogen) atoms. The van der Waals surface area contributed by atoms with Gasteiger partial charge in [0.1, 0.15) is 0 Å². The molecule has 2 nitrogen and oxygen atoms in total. The van der Waals surface area contributed by atoms with Gasteiger partial charge in [-0.1, -0.05) is 54.6 Å². The number of hydrogen-bond donors (Lipinski definition) is 0. The first kappa shape index (κ1) is 13.8. The van der Waals surface area contributed by atoms with Crippen LogP contribution >= 0.6 is 0 Å². The van der Waals surface area contributed by atoms with Gasteiger partial charge in [0.05, 0.1) is 11.9 Å². The molecule has 0 fully saturated rings. The fraction of sp³-hybridized carbons (Fsp3) is 0.0952. The molecule has 0 atom stereocenters. The van der Waals surface area contributed by atoms with E-state index in [9.17, 15) is 0 Å². The Morgan fingerprint density at radius 3 is 2.43 bits per heavy atom. The number of hydrogen-bond acceptors (Lipinski definition) is 2. The Balaban J connectivity index is 1.62. The first-order valence-corrected chi connectivity index (χ1v) is 7.85. The first-order chi connectivity index (χ1) is 11.3. The monoisotopic (exact) mass is 298 g/mol. The molecule has 0 spiro atoms. The van der Waals surface area contributed by atoms with E-state index in [2.05, 4.69) is 59.7 Å². The molecular formula is C21H18N2. The van der Waals surface area contributed by atoms with Crippen molar-refractivity contribution in [1.29, 1.82) is 0 Å². The fourth-order valence-corrected chi connectivity index (χ4v) is 3.09. The van der Waals surface area contributed by atoms with Gasteiger partial charge in [-0.05, 0) is 52.4 Å². The molecule has 0 aromatic heterocycles. The Morgan fingerprint density at radius 1 is 0.826 bits per heavy atom. The van der Waals surface area contributed by atoms with Crippen molar-refractivity contribution >= 4 is 11.9 Å². The topological polar surface area (TPSA) is 15.6 Å². The summed E-state index contributed by atoms with van der Waals surface area (Å²) in [5.74, 6) is 0. The molecule has 0 N–H and O–H groups in total. The second kappa shape index (κ2) is 5.73. The maximum absolute atomic E-state index is 4.55. The van der Waals surface area contributed by atoms with Crippen molar-refractivity contribution in [2.75, 3.05) is 12.1 Å². The van der Waals surface area contributed by atoms with Gasteiger partial charge >= 0.3 is 0 Å². The highest BCUT2D eigenvalue weighted by molar-refractivity contribution is 5.86.